The zero-order chi connectivity index (χ0) is 20.7. The van der Waals surface area contributed by atoms with E-state index < -0.39 is 6.10 Å². The molecule has 2 aliphatic heterocycles. The van der Waals surface area contributed by atoms with Gasteiger partial charge in [-0.25, -0.2) is 0 Å². The maximum absolute atomic E-state index is 9.61. The first kappa shape index (κ1) is 25.5. The van der Waals surface area contributed by atoms with E-state index in [1.54, 1.807) is 0 Å². The second kappa shape index (κ2) is 14.5. The van der Waals surface area contributed by atoms with Crippen molar-refractivity contribution in [3.63, 3.8) is 0 Å². The molecular weight excluding hydrogens is 356 g/mol. The Kier molecular flexibility index (Phi) is 13.7. The van der Waals surface area contributed by atoms with Crippen LogP contribution in [0.3, 0.4) is 0 Å². The van der Waals surface area contributed by atoms with Gasteiger partial charge in [0.05, 0.1) is 24.9 Å². The van der Waals surface area contributed by atoms with E-state index in [4.69, 9.17) is 29.6 Å². The molecule has 0 radical (unpaired) electrons. The molecule has 1 spiro atoms. The van der Waals surface area contributed by atoms with Gasteiger partial charge in [-0.15, -0.1) is 0 Å². The fourth-order valence-corrected chi connectivity index (χ4v) is 3.19. The van der Waals surface area contributed by atoms with Crippen molar-refractivity contribution in [1.29, 1.82) is 0 Å². The summed E-state index contributed by atoms with van der Waals surface area (Å²) in [5.41, 5.74) is 1.32. The van der Waals surface area contributed by atoms with Crippen molar-refractivity contribution in [2.24, 2.45) is 0 Å². The minimum atomic E-state index is -0.641. The molecule has 0 aromatic heterocycles. The molecular formula is C18H34N2O7. The van der Waals surface area contributed by atoms with Crippen LogP contribution in [-0.4, -0.2) is 107 Å². The maximum Gasteiger partial charge on any atom is 0.290 e. The van der Waals surface area contributed by atoms with Gasteiger partial charge >= 0.3 is 0 Å². The molecule has 1 atom stereocenters. The summed E-state index contributed by atoms with van der Waals surface area (Å²) in [6.07, 6.45) is 3.74. The number of carbonyl (C=O) groups is 2. The summed E-state index contributed by atoms with van der Waals surface area (Å²) in [6, 6.07) is 0. The summed E-state index contributed by atoms with van der Waals surface area (Å²) in [7, 11) is 0. The number of hydrogen-bond acceptors (Lipinski definition) is 7. The first-order valence-corrected chi connectivity index (χ1v) is 9.03. The van der Waals surface area contributed by atoms with E-state index in [1.807, 2.05) is 0 Å². The van der Waals surface area contributed by atoms with E-state index in [1.165, 1.54) is 5.57 Å². The van der Waals surface area contributed by atoms with E-state index in [-0.39, 0.29) is 25.2 Å². The molecule has 158 valence electrons. The van der Waals surface area contributed by atoms with Crippen molar-refractivity contribution in [3.8, 4) is 0 Å². The Balaban J connectivity index is 0.000000997. The Bertz CT molecular complexity index is 427. The molecule has 0 aromatic rings. The molecule has 4 N–H and O–H groups in total. The number of aliphatic hydroxyl groups excluding tert-OH is 2. The lowest BCUT2D eigenvalue weighted by Gasteiger charge is -2.47. The molecule has 2 rings (SSSR count). The Morgan fingerprint density at radius 2 is 1.67 bits per heavy atom. The fourth-order valence-electron chi connectivity index (χ4n) is 3.19. The number of nitrogens with zero attached hydrogens (tertiary/aromatic N) is 2. The molecule has 0 aromatic carbocycles. The van der Waals surface area contributed by atoms with E-state index in [9.17, 15) is 5.11 Å². The number of hydrogen-bond donors (Lipinski definition) is 4. The Labute approximate surface area is 160 Å². The molecule has 0 aliphatic carbocycles. The highest BCUT2D eigenvalue weighted by Crippen LogP contribution is 2.30. The summed E-state index contributed by atoms with van der Waals surface area (Å²) in [5.74, 6) is 0. The smallest absolute Gasteiger partial charge is 0.290 e. The third-order valence-corrected chi connectivity index (χ3v) is 4.53. The predicted molar refractivity (Wildman–Crippen MR) is 101 cm³/mol. The van der Waals surface area contributed by atoms with E-state index in [0.717, 1.165) is 52.2 Å². The van der Waals surface area contributed by atoms with Gasteiger partial charge in [-0.1, -0.05) is 11.6 Å². The largest absolute Gasteiger partial charge is 0.483 e. The zero-order valence-corrected chi connectivity index (χ0v) is 16.3. The van der Waals surface area contributed by atoms with Crippen LogP contribution in [0.1, 0.15) is 26.7 Å². The third-order valence-electron chi connectivity index (χ3n) is 4.53. The topological polar surface area (TPSA) is 131 Å². The lowest BCUT2D eigenvalue weighted by molar-refractivity contribution is -0.140. The lowest BCUT2D eigenvalue weighted by Crippen LogP contribution is -2.57. The highest BCUT2D eigenvalue weighted by atomic mass is 16.5. The van der Waals surface area contributed by atoms with Crippen LogP contribution in [-0.2, 0) is 14.3 Å². The number of β-amino-alcohol motifs (C(OH)–C–C–N with tert-alkyl or cyclic N) is 1. The van der Waals surface area contributed by atoms with Crippen LogP contribution in [0.2, 0.25) is 0 Å². The molecule has 9 heteroatoms. The molecule has 9 nitrogen and oxygen atoms in total. The number of morpholine rings is 1. The van der Waals surface area contributed by atoms with Gasteiger partial charge in [-0.3, -0.25) is 19.4 Å². The average Bonchev–Trinajstić information content (AvgIpc) is 2.63. The monoisotopic (exact) mass is 390 g/mol. The van der Waals surface area contributed by atoms with Crippen molar-refractivity contribution >= 4 is 12.9 Å². The van der Waals surface area contributed by atoms with E-state index in [2.05, 4.69) is 29.7 Å². The van der Waals surface area contributed by atoms with Crippen LogP contribution < -0.4 is 0 Å². The van der Waals surface area contributed by atoms with E-state index >= 15 is 0 Å². The van der Waals surface area contributed by atoms with Gasteiger partial charge in [0.2, 0.25) is 0 Å². The number of ether oxygens (including phenoxy) is 1. The first-order valence-electron chi connectivity index (χ1n) is 9.03. The van der Waals surface area contributed by atoms with Gasteiger partial charge in [-0.2, -0.15) is 0 Å². The van der Waals surface area contributed by atoms with Crippen LogP contribution in [0.25, 0.3) is 0 Å². The second-order valence-electron chi connectivity index (χ2n) is 6.90. The number of carboxylic acid groups (broad SMARTS) is 2. The molecule has 2 aliphatic rings. The second-order valence-corrected chi connectivity index (χ2v) is 6.90. The van der Waals surface area contributed by atoms with Gasteiger partial charge in [0.15, 0.2) is 0 Å². The minimum Gasteiger partial charge on any atom is -0.483 e. The van der Waals surface area contributed by atoms with Gasteiger partial charge in [-0.05, 0) is 26.7 Å². The van der Waals surface area contributed by atoms with E-state index in [0.29, 0.717) is 6.54 Å². The van der Waals surface area contributed by atoms with Crippen molar-refractivity contribution in [3.05, 3.63) is 11.6 Å². The van der Waals surface area contributed by atoms with Crippen molar-refractivity contribution < 1.29 is 34.8 Å². The Morgan fingerprint density at radius 1 is 1.11 bits per heavy atom. The summed E-state index contributed by atoms with van der Waals surface area (Å²) >= 11 is 0. The molecule has 0 unspecified atom stereocenters. The summed E-state index contributed by atoms with van der Waals surface area (Å²) in [5, 5.41) is 32.4. The Morgan fingerprint density at radius 3 is 2.15 bits per heavy atom. The maximum atomic E-state index is 9.61. The lowest BCUT2D eigenvalue weighted by atomic mass is 9.89. The number of rotatable bonds is 5. The zero-order valence-electron chi connectivity index (χ0n) is 16.3. The third kappa shape index (κ3) is 11.0. The fraction of sp³-hybridized carbons (Fsp3) is 0.778. The van der Waals surface area contributed by atoms with Crippen LogP contribution >= 0.6 is 0 Å². The van der Waals surface area contributed by atoms with Crippen LogP contribution in [0, 0.1) is 0 Å². The molecule has 2 heterocycles. The van der Waals surface area contributed by atoms with Gasteiger partial charge < -0.3 is 25.2 Å². The summed E-state index contributed by atoms with van der Waals surface area (Å²) in [6.45, 7) is 9.78. The van der Waals surface area contributed by atoms with Crippen molar-refractivity contribution in [2.75, 3.05) is 52.5 Å². The number of aliphatic hydroxyl groups is 2. The molecule has 27 heavy (non-hydrogen) atoms. The standard InChI is InChI=1S/C16H30N2O3.2CH2O2/c1-14(2)3-6-17-7-4-16(5-8-17)13-18(9-10-21-16)11-15(20)12-19;2*2-1-3/h3,15,19-20H,4-13H2,1-2H3;2*1H,(H,2,3)/t15-;;/m0../s1. The minimum absolute atomic E-state index is 0.0467. The normalized spacial score (nSPS) is 20.3. The highest BCUT2D eigenvalue weighted by molar-refractivity contribution is 5.33. The van der Waals surface area contributed by atoms with Crippen LogP contribution in [0.15, 0.2) is 11.6 Å². The summed E-state index contributed by atoms with van der Waals surface area (Å²) < 4.78 is 6.10. The highest BCUT2D eigenvalue weighted by Gasteiger charge is 2.39. The molecule has 2 saturated heterocycles. The molecule has 0 amide bonds. The van der Waals surface area contributed by atoms with Crippen LogP contribution in [0.5, 0.6) is 0 Å². The number of likely N-dealkylation sites (tertiary alicyclic amines) is 1. The van der Waals surface area contributed by atoms with Crippen LogP contribution in [0.4, 0.5) is 0 Å². The average molecular weight is 390 g/mol. The molecule has 0 saturated carbocycles. The predicted octanol–water partition coefficient (Wildman–Crippen LogP) is -0.126. The molecule has 0 bridgehead atoms. The first-order chi connectivity index (χ1) is 12.9. The van der Waals surface area contributed by atoms with Crippen molar-refractivity contribution in [1.82, 2.24) is 9.80 Å². The number of piperidine rings is 1. The van der Waals surface area contributed by atoms with Gasteiger partial charge in [0.1, 0.15) is 0 Å². The SMILES string of the molecule is CC(C)=CCN1CCC2(CC1)CN(C[C@H](O)CO)CCO2.O=CO.O=CO. The number of allylic oxidation sites excluding steroid dienone is 1. The quantitative estimate of drug-likeness (QED) is 0.375. The molecule has 2 fully saturated rings. The summed E-state index contributed by atoms with van der Waals surface area (Å²) in [4.78, 5) is 21.4. The van der Waals surface area contributed by atoms with Gasteiger partial charge in [0, 0.05) is 39.3 Å². The Hall–Kier alpha value is -1.52. The van der Waals surface area contributed by atoms with Gasteiger partial charge in [0.25, 0.3) is 12.9 Å². The van der Waals surface area contributed by atoms with Crippen molar-refractivity contribution in [2.45, 2.75) is 38.4 Å².